The van der Waals surface area contributed by atoms with E-state index in [4.69, 9.17) is 23.2 Å². The summed E-state index contributed by atoms with van der Waals surface area (Å²) >= 11 is 11.6. The molecule has 1 aromatic heterocycles. The Bertz CT molecular complexity index is 465. The molecule has 1 N–H and O–H groups in total. The van der Waals surface area contributed by atoms with E-state index in [-0.39, 0.29) is 5.75 Å². The van der Waals surface area contributed by atoms with Crippen LogP contribution in [0.25, 0.3) is 10.9 Å². The van der Waals surface area contributed by atoms with E-state index in [2.05, 4.69) is 4.98 Å². The van der Waals surface area contributed by atoms with E-state index in [9.17, 15) is 5.11 Å². The van der Waals surface area contributed by atoms with Crippen molar-refractivity contribution >= 4 is 34.1 Å². The summed E-state index contributed by atoms with van der Waals surface area (Å²) in [5, 5.41) is 10.8. The van der Waals surface area contributed by atoms with Crippen LogP contribution in [-0.4, -0.2) is 10.1 Å². The van der Waals surface area contributed by atoms with Crippen molar-refractivity contribution in [3.8, 4) is 5.75 Å². The summed E-state index contributed by atoms with van der Waals surface area (Å²) in [6.45, 7) is 0. The smallest absolute Gasteiger partial charge is 0.131 e. The molecule has 0 aliphatic heterocycles. The van der Waals surface area contributed by atoms with Gasteiger partial charge in [0.1, 0.15) is 10.9 Å². The van der Waals surface area contributed by atoms with Gasteiger partial charge in [0.2, 0.25) is 0 Å². The van der Waals surface area contributed by atoms with Gasteiger partial charge in [-0.3, -0.25) is 0 Å². The van der Waals surface area contributed by atoms with Gasteiger partial charge in [0, 0.05) is 11.5 Å². The van der Waals surface area contributed by atoms with E-state index in [1.54, 1.807) is 18.2 Å². The van der Waals surface area contributed by atoms with Crippen LogP contribution in [0.1, 0.15) is 0 Å². The number of aromatic nitrogens is 1. The fourth-order valence-corrected chi connectivity index (χ4v) is 1.66. The molecule has 4 heteroatoms. The van der Waals surface area contributed by atoms with Gasteiger partial charge in [-0.05, 0) is 18.2 Å². The molecule has 2 aromatic rings. The van der Waals surface area contributed by atoms with Crippen molar-refractivity contribution in [1.29, 1.82) is 0 Å². The number of halogens is 2. The van der Waals surface area contributed by atoms with Crippen LogP contribution in [0.5, 0.6) is 5.75 Å². The first kappa shape index (κ1) is 8.60. The first-order chi connectivity index (χ1) is 6.16. The van der Waals surface area contributed by atoms with E-state index in [0.29, 0.717) is 15.7 Å². The van der Waals surface area contributed by atoms with Gasteiger partial charge in [0.15, 0.2) is 0 Å². The Morgan fingerprint density at radius 1 is 1.15 bits per heavy atom. The van der Waals surface area contributed by atoms with E-state index in [0.717, 1.165) is 5.39 Å². The van der Waals surface area contributed by atoms with E-state index < -0.39 is 0 Å². The summed E-state index contributed by atoms with van der Waals surface area (Å²) in [6, 6.07) is 6.36. The first-order valence-corrected chi connectivity index (χ1v) is 4.37. The molecule has 0 aliphatic rings. The van der Waals surface area contributed by atoms with Gasteiger partial charge in [-0.15, -0.1) is 0 Å². The number of pyridine rings is 1. The SMILES string of the molecule is Oc1ccc2c(Cl)cc(Cl)nc2c1. The van der Waals surface area contributed by atoms with Crippen molar-refractivity contribution in [3.63, 3.8) is 0 Å². The third-order valence-corrected chi connectivity index (χ3v) is 2.22. The van der Waals surface area contributed by atoms with Crippen molar-refractivity contribution in [2.45, 2.75) is 0 Å². The van der Waals surface area contributed by atoms with Gasteiger partial charge in [-0.25, -0.2) is 4.98 Å². The minimum absolute atomic E-state index is 0.151. The number of hydrogen-bond acceptors (Lipinski definition) is 2. The van der Waals surface area contributed by atoms with Gasteiger partial charge in [0.05, 0.1) is 10.5 Å². The van der Waals surface area contributed by atoms with Crippen molar-refractivity contribution in [1.82, 2.24) is 4.98 Å². The predicted octanol–water partition coefficient (Wildman–Crippen LogP) is 3.25. The summed E-state index contributed by atoms with van der Waals surface area (Å²) < 4.78 is 0. The molecule has 2 nitrogen and oxygen atoms in total. The lowest BCUT2D eigenvalue weighted by Gasteiger charge is -2.00. The molecule has 0 amide bonds. The maximum atomic E-state index is 9.19. The zero-order valence-corrected chi connectivity index (χ0v) is 7.97. The lowest BCUT2D eigenvalue weighted by atomic mass is 10.2. The zero-order valence-electron chi connectivity index (χ0n) is 6.46. The van der Waals surface area contributed by atoms with Crippen LogP contribution in [0.4, 0.5) is 0 Å². The van der Waals surface area contributed by atoms with Crippen LogP contribution in [0.3, 0.4) is 0 Å². The minimum Gasteiger partial charge on any atom is -0.508 e. The van der Waals surface area contributed by atoms with Crippen LogP contribution >= 0.6 is 23.2 Å². The maximum absolute atomic E-state index is 9.19. The van der Waals surface area contributed by atoms with Gasteiger partial charge in [-0.1, -0.05) is 23.2 Å². The number of phenolic OH excluding ortho intramolecular Hbond substituents is 1. The highest BCUT2D eigenvalue weighted by Crippen LogP contribution is 2.27. The topological polar surface area (TPSA) is 33.1 Å². The highest BCUT2D eigenvalue weighted by Gasteiger charge is 2.02. The lowest BCUT2D eigenvalue weighted by molar-refractivity contribution is 0.476. The fourth-order valence-electron chi connectivity index (χ4n) is 1.14. The molecule has 0 fully saturated rings. The number of aromatic hydroxyl groups is 1. The third kappa shape index (κ3) is 1.55. The van der Waals surface area contributed by atoms with E-state index >= 15 is 0 Å². The van der Waals surface area contributed by atoms with Crippen molar-refractivity contribution in [3.05, 3.63) is 34.4 Å². The fraction of sp³-hybridized carbons (Fsp3) is 0. The van der Waals surface area contributed by atoms with Crippen molar-refractivity contribution in [2.24, 2.45) is 0 Å². The molecular weight excluding hydrogens is 209 g/mol. The Hall–Kier alpha value is -0.990. The van der Waals surface area contributed by atoms with Crippen LogP contribution in [-0.2, 0) is 0 Å². The van der Waals surface area contributed by atoms with E-state index in [1.165, 1.54) is 6.07 Å². The summed E-state index contributed by atoms with van der Waals surface area (Å²) in [6.07, 6.45) is 0. The Morgan fingerprint density at radius 3 is 2.69 bits per heavy atom. The summed E-state index contributed by atoms with van der Waals surface area (Å²) in [5.41, 5.74) is 0.595. The predicted molar refractivity (Wildman–Crippen MR) is 53.4 cm³/mol. The van der Waals surface area contributed by atoms with Crippen LogP contribution in [0, 0.1) is 0 Å². The molecule has 0 spiro atoms. The Kier molecular flexibility index (Phi) is 2.02. The standard InChI is InChI=1S/C9H5Cl2NO/c10-7-4-9(11)12-8-3-5(13)1-2-6(7)8/h1-4,13H. The van der Waals surface area contributed by atoms with Gasteiger partial charge >= 0.3 is 0 Å². The van der Waals surface area contributed by atoms with Crippen molar-refractivity contribution < 1.29 is 5.11 Å². The molecule has 1 aromatic carbocycles. The molecule has 66 valence electrons. The second-order valence-electron chi connectivity index (χ2n) is 2.63. The Morgan fingerprint density at radius 2 is 1.92 bits per heavy atom. The molecule has 0 radical (unpaired) electrons. The highest BCUT2D eigenvalue weighted by molar-refractivity contribution is 6.37. The molecular formula is C9H5Cl2NO. The normalized spacial score (nSPS) is 10.6. The van der Waals surface area contributed by atoms with Crippen LogP contribution in [0.2, 0.25) is 10.2 Å². The quantitative estimate of drug-likeness (QED) is 0.682. The Balaban J connectivity index is 2.86. The summed E-state index contributed by atoms with van der Waals surface area (Å²) in [5.74, 6) is 0.151. The second kappa shape index (κ2) is 3.05. The minimum atomic E-state index is 0.151. The summed E-state index contributed by atoms with van der Waals surface area (Å²) in [4.78, 5) is 4.02. The second-order valence-corrected chi connectivity index (χ2v) is 3.42. The number of fused-ring (bicyclic) bond motifs is 1. The monoisotopic (exact) mass is 213 g/mol. The average Bonchev–Trinajstić information content (AvgIpc) is 2.02. The van der Waals surface area contributed by atoms with Crippen LogP contribution < -0.4 is 0 Å². The third-order valence-electron chi connectivity index (χ3n) is 1.71. The lowest BCUT2D eigenvalue weighted by Crippen LogP contribution is -1.80. The molecule has 0 unspecified atom stereocenters. The molecule has 1 heterocycles. The molecule has 0 saturated carbocycles. The maximum Gasteiger partial charge on any atom is 0.131 e. The van der Waals surface area contributed by atoms with Gasteiger partial charge < -0.3 is 5.11 Å². The molecule has 2 rings (SSSR count). The van der Waals surface area contributed by atoms with Gasteiger partial charge in [0.25, 0.3) is 0 Å². The molecule has 13 heavy (non-hydrogen) atoms. The van der Waals surface area contributed by atoms with Gasteiger partial charge in [-0.2, -0.15) is 0 Å². The van der Waals surface area contributed by atoms with Crippen molar-refractivity contribution in [2.75, 3.05) is 0 Å². The molecule has 0 aliphatic carbocycles. The molecule has 0 saturated heterocycles. The number of rotatable bonds is 0. The number of phenols is 1. The highest BCUT2D eigenvalue weighted by atomic mass is 35.5. The number of benzene rings is 1. The summed E-state index contributed by atoms with van der Waals surface area (Å²) in [7, 11) is 0. The number of nitrogens with zero attached hydrogens (tertiary/aromatic N) is 1. The van der Waals surface area contributed by atoms with E-state index in [1.807, 2.05) is 0 Å². The average molecular weight is 214 g/mol. The molecule has 0 bridgehead atoms. The Labute approximate surface area is 84.7 Å². The zero-order chi connectivity index (χ0) is 9.42. The number of hydrogen-bond donors (Lipinski definition) is 1. The first-order valence-electron chi connectivity index (χ1n) is 3.61. The molecule has 0 atom stereocenters. The van der Waals surface area contributed by atoms with Crippen LogP contribution in [0.15, 0.2) is 24.3 Å². The largest absolute Gasteiger partial charge is 0.508 e.